The summed E-state index contributed by atoms with van der Waals surface area (Å²) >= 11 is 0. The Morgan fingerprint density at radius 1 is 1.60 bits per heavy atom. The van der Waals surface area contributed by atoms with Crippen LogP contribution < -0.4 is 5.73 Å². The number of piperidine rings is 1. The number of amides is 1. The summed E-state index contributed by atoms with van der Waals surface area (Å²) in [6.07, 6.45) is 3.98. The molecule has 2 atom stereocenters. The first-order valence-electron chi connectivity index (χ1n) is 7.08. The van der Waals surface area contributed by atoms with Crippen LogP contribution in [0.4, 0.5) is 0 Å². The number of pyridine rings is 1. The van der Waals surface area contributed by atoms with Crippen molar-refractivity contribution >= 4 is 5.91 Å². The van der Waals surface area contributed by atoms with Gasteiger partial charge in [0, 0.05) is 32.4 Å². The molecular formula is C15H23N3O2. The molecule has 2 rings (SSSR count). The molecule has 0 radical (unpaired) electrons. The Kier molecular flexibility index (Phi) is 5.09. The Morgan fingerprint density at radius 2 is 2.40 bits per heavy atom. The average molecular weight is 277 g/mol. The van der Waals surface area contributed by atoms with Gasteiger partial charge in [-0.2, -0.15) is 0 Å². The lowest BCUT2D eigenvalue weighted by atomic mass is 9.98. The van der Waals surface area contributed by atoms with Crippen molar-refractivity contribution in [2.45, 2.75) is 38.3 Å². The largest absolute Gasteiger partial charge is 0.381 e. The van der Waals surface area contributed by atoms with Gasteiger partial charge in [-0.3, -0.25) is 9.78 Å². The van der Waals surface area contributed by atoms with Crippen molar-refractivity contribution in [2.75, 3.05) is 20.2 Å². The summed E-state index contributed by atoms with van der Waals surface area (Å²) in [5.74, 6) is 0.108. The minimum absolute atomic E-state index is 0.0743. The lowest BCUT2D eigenvalue weighted by Crippen LogP contribution is -2.51. The number of carbonyl (C=O) groups excluding carboxylic acids is 1. The quantitative estimate of drug-likeness (QED) is 0.887. The third-order valence-corrected chi connectivity index (χ3v) is 4.03. The Morgan fingerprint density at radius 3 is 3.05 bits per heavy atom. The third-order valence-electron chi connectivity index (χ3n) is 4.03. The molecule has 2 heterocycles. The molecule has 1 fully saturated rings. The average Bonchev–Trinajstić information content (AvgIpc) is 2.48. The normalized spacial score (nSPS) is 22.9. The molecule has 0 aromatic carbocycles. The molecule has 1 amide bonds. The fraction of sp³-hybridized carbons (Fsp3) is 0.600. The number of carbonyl (C=O) groups is 1. The van der Waals surface area contributed by atoms with Crippen LogP contribution in [0.25, 0.3) is 0 Å². The van der Waals surface area contributed by atoms with Gasteiger partial charge in [0.15, 0.2) is 0 Å². The van der Waals surface area contributed by atoms with Crippen molar-refractivity contribution in [1.82, 2.24) is 9.88 Å². The predicted octanol–water partition coefficient (Wildman–Crippen LogP) is 0.897. The van der Waals surface area contributed by atoms with Gasteiger partial charge in [0.1, 0.15) is 0 Å². The Bertz CT molecular complexity index is 464. The van der Waals surface area contributed by atoms with Crippen molar-refractivity contribution in [3.8, 4) is 0 Å². The second-order valence-corrected chi connectivity index (χ2v) is 5.30. The smallest absolute Gasteiger partial charge is 0.228 e. The second-order valence-electron chi connectivity index (χ2n) is 5.30. The fourth-order valence-corrected chi connectivity index (χ4v) is 2.73. The molecule has 0 spiro atoms. The lowest BCUT2D eigenvalue weighted by molar-refractivity contribution is -0.136. The number of aryl methyl sites for hydroxylation is 1. The van der Waals surface area contributed by atoms with Crippen molar-refractivity contribution in [2.24, 2.45) is 5.73 Å². The van der Waals surface area contributed by atoms with Gasteiger partial charge in [-0.05, 0) is 31.4 Å². The van der Waals surface area contributed by atoms with Crippen LogP contribution in [0.1, 0.15) is 24.1 Å². The SMILES string of the molecule is COC1CCN(C(=O)Cc2ncccc2C)C(CN)C1. The van der Waals surface area contributed by atoms with E-state index in [2.05, 4.69) is 4.98 Å². The van der Waals surface area contributed by atoms with Gasteiger partial charge in [0.05, 0.1) is 18.2 Å². The zero-order valence-electron chi connectivity index (χ0n) is 12.2. The Labute approximate surface area is 120 Å². The van der Waals surface area contributed by atoms with E-state index in [0.717, 1.165) is 24.1 Å². The number of aromatic nitrogens is 1. The molecule has 1 saturated heterocycles. The minimum Gasteiger partial charge on any atom is -0.381 e. The van der Waals surface area contributed by atoms with E-state index in [9.17, 15) is 4.79 Å². The van der Waals surface area contributed by atoms with Crippen LogP contribution in [0.15, 0.2) is 18.3 Å². The summed E-state index contributed by atoms with van der Waals surface area (Å²) in [7, 11) is 1.72. The number of nitrogens with two attached hydrogens (primary N) is 1. The molecule has 2 unspecified atom stereocenters. The summed E-state index contributed by atoms with van der Waals surface area (Å²) < 4.78 is 5.38. The van der Waals surface area contributed by atoms with Gasteiger partial charge in [-0.25, -0.2) is 0 Å². The molecule has 5 heteroatoms. The Hall–Kier alpha value is -1.46. The number of likely N-dealkylation sites (tertiary alicyclic amines) is 1. The maximum absolute atomic E-state index is 12.5. The summed E-state index contributed by atoms with van der Waals surface area (Å²) in [6.45, 7) is 3.17. The van der Waals surface area contributed by atoms with E-state index < -0.39 is 0 Å². The monoisotopic (exact) mass is 277 g/mol. The highest BCUT2D eigenvalue weighted by atomic mass is 16.5. The number of hydrogen-bond donors (Lipinski definition) is 1. The van der Waals surface area contributed by atoms with E-state index in [0.29, 0.717) is 19.5 Å². The van der Waals surface area contributed by atoms with Crippen LogP contribution in [0, 0.1) is 6.92 Å². The molecule has 1 aliphatic heterocycles. The third kappa shape index (κ3) is 3.35. The number of methoxy groups -OCH3 is 1. The van der Waals surface area contributed by atoms with E-state index in [-0.39, 0.29) is 18.1 Å². The van der Waals surface area contributed by atoms with Crippen LogP contribution in [0.2, 0.25) is 0 Å². The number of ether oxygens (including phenoxy) is 1. The van der Waals surface area contributed by atoms with Crippen molar-refractivity contribution in [3.63, 3.8) is 0 Å². The standard InChI is InChI=1S/C15H23N3O2/c1-11-4-3-6-17-14(11)9-15(19)18-7-5-13(20-2)8-12(18)10-16/h3-4,6,12-13H,5,7-10,16H2,1-2H3. The van der Waals surface area contributed by atoms with Gasteiger partial charge < -0.3 is 15.4 Å². The van der Waals surface area contributed by atoms with Gasteiger partial charge >= 0.3 is 0 Å². The Balaban J connectivity index is 2.03. The molecule has 2 N–H and O–H groups in total. The second kappa shape index (κ2) is 6.81. The summed E-state index contributed by atoms with van der Waals surface area (Å²) in [5.41, 5.74) is 7.71. The zero-order chi connectivity index (χ0) is 14.5. The topological polar surface area (TPSA) is 68.5 Å². The fourth-order valence-electron chi connectivity index (χ4n) is 2.73. The summed E-state index contributed by atoms with van der Waals surface area (Å²) in [5, 5.41) is 0. The molecule has 1 aliphatic rings. The first-order chi connectivity index (χ1) is 9.65. The molecule has 0 saturated carbocycles. The van der Waals surface area contributed by atoms with E-state index in [1.54, 1.807) is 13.3 Å². The molecule has 5 nitrogen and oxygen atoms in total. The minimum atomic E-state index is 0.0743. The van der Waals surface area contributed by atoms with Crippen LogP contribution in [0.3, 0.4) is 0 Å². The number of nitrogens with zero attached hydrogens (tertiary/aromatic N) is 2. The maximum atomic E-state index is 12.5. The number of hydrogen-bond acceptors (Lipinski definition) is 4. The van der Waals surface area contributed by atoms with Gasteiger partial charge in [0.2, 0.25) is 5.91 Å². The van der Waals surface area contributed by atoms with Crippen LogP contribution in [-0.4, -0.2) is 48.1 Å². The maximum Gasteiger partial charge on any atom is 0.228 e. The summed E-state index contributed by atoms with van der Waals surface area (Å²) in [4.78, 5) is 18.7. The van der Waals surface area contributed by atoms with Crippen molar-refractivity contribution in [1.29, 1.82) is 0 Å². The van der Waals surface area contributed by atoms with E-state index in [1.165, 1.54) is 0 Å². The predicted molar refractivity (Wildman–Crippen MR) is 77.3 cm³/mol. The zero-order valence-corrected chi connectivity index (χ0v) is 12.2. The van der Waals surface area contributed by atoms with Gasteiger partial charge in [-0.1, -0.05) is 6.07 Å². The highest BCUT2D eigenvalue weighted by molar-refractivity contribution is 5.79. The highest BCUT2D eigenvalue weighted by Gasteiger charge is 2.30. The first kappa shape index (κ1) is 14.9. The van der Waals surface area contributed by atoms with E-state index in [4.69, 9.17) is 10.5 Å². The van der Waals surface area contributed by atoms with E-state index in [1.807, 2.05) is 24.0 Å². The van der Waals surface area contributed by atoms with Crippen molar-refractivity contribution in [3.05, 3.63) is 29.6 Å². The molecule has 0 aliphatic carbocycles. The van der Waals surface area contributed by atoms with Crippen molar-refractivity contribution < 1.29 is 9.53 Å². The molecule has 1 aromatic rings. The van der Waals surface area contributed by atoms with Crippen LogP contribution in [-0.2, 0) is 16.0 Å². The molecular weight excluding hydrogens is 254 g/mol. The number of rotatable bonds is 4. The van der Waals surface area contributed by atoms with Gasteiger partial charge in [0.25, 0.3) is 0 Å². The molecule has 0 bridgehead atoms. The molecule has 20 heavy (non-hydrogen) atoms. The molecule has 1 aromatic heterocycles. The first-order valence-corrected chi connectivity index (χ1v) is 7.08. The lowest BCUT2D eigenvalue weighted by Gasteiger charge is -2.38. The van der Waals surface area contributed by atoms with Gasteiger partial charge in [-0.15, -0.1) is 0 Å². The molecule has 110 valence electrons. The van der Waals surface area contributed by atoms with Crippen LogP contribution >= 0.6 is 0 Å². The van der Waals surface area contributed by atoms with E-state index >= 15 is 0 Å². The van der Waals surface area contributed by atoms with Crippen LogP contribution in [0.5, 0.6) is 0 Å². The highest BCUT2D eigenvalue weighted by Crippen LogP contribution is 2.20. The summed E-state index contributed by atoms with van der Waals surface area (Å²) in [6, 6.07) is 3.94.